The zero-order valence-electron chi connectivity index (χ0n) is 9.73. The maximum Gasteiger partial charge on any atom is 0.198 e. The molecule has 0 amide bonds. The highest BCUT2D eigenvalue weighted by Crippen LogP contribution is 2.26. The number of piperidine rings is 1. The molecule has 3 rings (SSSR count). The van der Waals surface area contributed by atoms with E-state index >= 15 is 0 Å². The minimum Gasteiger partial charge on any atom is -0.448 e. The highest BCUT2D eigenvalue weighted by molar-refractivity contribution is 5.57. The first-order valence-electron chi connectivity index (χ1n) is 6.15. The van der Waals surface area contributed by atoms with Gasteiger partial charge in [0.15, 0.2) is 5.89 Å². The molecule has 0 saturated carbocycles. The molecule has 1 aliphatic heterocycles. The summed E-state index contributed by atoms with van der Waals surface area (Å²) >= 11 is 0. The fourth-order valence-corrected chi connectivity index (χ4v) is 2.28. The summed E-state index contributed by atoms with van der Waals surface area (Å²) in [5, 5.41) is 3.38. The summed E-state index contributed by atoms with van der Waals surface area (Å²) in [5.74, 6) is 1.30. The van der Waals surface area contributed by atoms with E-state index in [1.807, 2.05) is 18.2 Å². The van der Waals surface area contributed by atoms with E-state index in [9.17, 15) is 0 Å². The molecule has 0 bridgehead atoms. The number of benzene rings is 1. The van der Waals surface area contributed by atoms with Crippen LogP contribution in [-0.2, 0) is 0 Å². The Bertz CT molecular complexity index is 472. The lowest BCUT2D eigenvalue weighted by molar-refractivity contribution is 0.376. The molecule has 1 saturated heterocycles. The normalized spacial score (nSPS) is 20.4. The number of nitrogens with one attached hydrogen (secondary N) is 1. The third kappa shape index (κ3) is 2.24. The molecule has 1 N–H and O–H groups in total. The van der Waals surface area contributed by atoms with Gasteiger partial charge in [0.25, 0.3) is 0 Å². The van der Waals surface area contributed by atoms with Crippen LogP contribution in [0.3, 0.4) is 0 Å². The monoisotopic (exact) mass is 228 g/mol. The van der Waals surface area contributed by atoms with Crippen LogP contribution in [0.5, 0.6) is 0 Å². The van der Waals surface area contributed by atoms with Crippen LogP contribution in [0.2, 0.25) is 0 Å². The third-order valence-electron chi connectivity index (χ3n) is 3.24. The van der Waals surface area contributed by atoms with Crippen LogP contribution < -0.4 is 5.32 Å². The fraction of sp³-hybridized carbons (Fsp3) is 0.357. The van der Waals surface area contributed by atoms with Crippen molar-refractivity contribution in [2.45, 2.75) is 18.8 Å². The largest absolute Gasteiger partial charge is 0.448 e. The number of oxazole rings is 1. The summed E-state index contributed by atoms with van der Waals surface area (Å²) in [6.07, 6.45) is 4.13. The van der Waals surface area contributed by atoms with Crippen LogP contribution >= 0.6 is 0 Å². The minimum absolute atomic E-state index is 0.432. The van der Waals surface area contributed by atoms with Crippen LogP contribution in [0, 0.1) is 0 Å². The number of hydrogen-bond donors (Lipinski definition) is 1. The molecule has 1 aromatic heterocycles. The van der Waals surface area contributed by atoms with Gasteiger partial charge in [-0.2, -0.15) is 0 Å². The van der Waals surface area contributed by atoms with Gasteiger partial charge in [0.2, 0.25) is 0 Å². The summed E-state index contributed by atoms with van der Waals surface area (Å²) in [6, 6.07) is 10.2. The van der Waals surface area contributed by atoms with E-state index in [1.54, 1.807) is 6.26 Å². The van der Waals surface area contributed by atoms with Crippen LogP contribution in [0.15, 0.2) is 41.0 Å². The van der Waals surface area contributed by atoms with E-state index in [2.05, 4.69) is 22.4 Å². The molecule has 2 aromatic rings. The molecular weight excluding hydrogens is 212 g/mol. The van der Waals surface area contributed by atoms with Crippen molar-refractivity contribution >= 4 is 0 Å². The van der Waals surface area contributed by atoms with Crippen LogP contribution in [0.25, 0.3) is 11.3 Å². The van der Waals surface area contributed by atoms with Crippen molar-refractivity contribution in [2.24, 2.45) is 0 Å². The quantitative estimate of drug-likeness (QED) is 0.859. The molecule has 0 aliphatic carbocycles. The van der Waals surface area contributed by atoms with E-state index in [0.717, 1.165) is 30.2 Å². The maximum atomic E-state index is 5.61. The van der Waals surface area contributed by atoms with Crippen molar-refractivity contribution in [3.8, 4) is 11.3 Å². The van der Waals surface area contributed by atoms with Crippen molar-refractivity contribution < 1.29 is 4.42 Å². The molecule has 2 heterocycles. The topological polar surface area (TPSA) is 38.1 Å². The molecule has 3 nitrogen and oxygen atoms in total. The number of rotatable bonds is 2. The minimum atomic E-state index is 0.432. The van der Waals surface area contributed by atoms with Gasteiger partial charge in [-0.1, -0.05) is 30.3 Å². The highest BCUT2D eigenvalue weighted by atomic mass is 16.3. The van der Waals surface area contributed by atoms with Crippen molar-refractivity contribution in [3.63, 3.8) is 0 Å². The number of nitrogens with zero attached hydrogens (tertiary/aromatic N) is 1. The predicted molar refractivity (Wildman–Crippen MR) is 66.8 cm³/mol. The SMILES string of the molecule is c1ccc(-c2coc(C3CCCNC3)n2)cc1. The molecule has 88 valence electrons. The molecule has 1 fully saturated rings. The Morgan fingerprint density at radius 2 is 2.12 bits per heavy atom. The third-order valence-corrected chi connectivity index (χ3v) is 3.24. The molecule has 1 aromatic carbocycles. The molecule has 1 atom stereocenters. The lowest BCUT2D eigenvalue weighted by Gasteiger charge is -2.19. The van der Waals surface area contributed by atoms with Gasteiger partial charge >= 0.3 is 0 Å². The van der Waals surface area contributed by atoms with E-state index in [4.69, 9.17) is 4.42 Å². The Morgan fingerprint density at radius 3 is 2.88 bits per heavy atom. The number of aromatic nitrogens is 1. The summed E-state index contributed by atoms with van der Waals surface area (Å²) in [6.45, 7) is 2.09. The van der Waals surface area contributed by atoms with Gasteiger partial charge in [-0.15, -0.1) is 0 Å². The van der Waals surface area contributed by atoms with Crippen molar-refractivity contribution in [1.82, 2.24) is 10.3 Å². The van der Waals surface area contributed by atoms with Crippen LogP contribution in [-0.4, -0.2) is 18.1 Å². The molecule has 1 aliphatic rings. The summed E-state index contributed by atoms with van der Waals surface area (Å²) < 4.78 is 5.61. The van der Waals surface area contributed by atoms with Gasteiger partial charge in [-0.05, 0) is 19.4 Å². The van der Waals surface area contributed by atoms with Gasteiger partial charge in [0, 0.05) is 18.0 Å². The fourth-order valence-electron chi connectivity index (χ4n) is 2.28. The second kappa shape index (κ2) is 4.72. The molecule has 0 spiro atoms. The van der Waals surface area contributed by atoms with Crippen LogP contribution in [0.1, 0.15) is 24.7 Å². The molecule has 0 radical (unpaired) electrons. The number of hydrogen-bond acceptors (Lipinski definition) is 3. The first kappa shape index (κ1) is 10.5. The van der Waals surface area contributed by atoms with Crippen molar-refractivity contribution in [3.05, 3.63) is 42.5 Å². The van der Waals surface area contributed by atoms with Gasteiger partial charge in [0.05, 0.1) is 0 Å². The molecule has 17 heavy (non-hydrogen) atoms. The van der Waals surface area contributed by atoms with Gasteiger partial charge < -0.3 is 9.73 Å². The Morgan fingerprint density at radius 1 is 1.24 bits per heavy atom. The lowest BCUT2D eigenvalue weighted by Crippen LogP contribution is -2.28. The van der Waals surface area contributed by atoms with Crippen LogP contribution in [0.4, 0.5) is 0 Å². The van der Waals surface area contributed by atoms with Gasteiger partial charge in [-0.3, -0.25) is 0 Å². The first-order chi connectivity index (χ1) is 8.43. The Kier molecular flexibility index (Phi) is 2.92. The summed E-state index contributed by atoms with van der Waals surface area (Å²) in [5.41, 5.74) is 2.05. The van der Waals surface area contributed by atoms with Crippen molar-refractivity contribution in [2.75, 3.05) is 13.1 Å². The Balaban J connectivity index is 1.83. The second-order valence-corrected chi connectivity index (χ2v) is 4.48. The van der Waals surface area contributed by atoms with E-state index < -0.39 is 0 Å². The predicted octanol–water partition coefficient (Wildman–Crippen LogP) is 2.81. The van der Waals surface area contributed by atoms with E-state index in [-0.39, 0.29) is 0 Å². The summed E-state index contributed by atoms with van der Waals surface area (Å²) in [4.78, 5) is 4.60. The highest BCUT2D eigenvalue weighted by Gasteiger charge is 2.20. The molecule has 1 unspecified atom stereocenters. The van der Waals surface area contributed by atoms with E-state index in [0.29, 0.717) is 5.92 Å². The Labute approximate surface area is 101 Å². The van der Waals surface area contributed by atoms with Crippen molar-refractivity contribution in [1.29, 1.82) is 0 Å². The molecular formula is C14H16N2O. The zero-order chi connectivity index (χ0) is 11.5. The molecule has 3 heteroatoms. The second-order valence-electron chi connectivity index (χ2n) is 4.48. The van der Waals surface area contributed by atoms with E-state index in [1.165, 1.54) is 12.8 Å². The summed E-state index contributed by atoms with van der Waals surface area (Å²) in [7, 11) is 0. The first-order valence-corrected chi connectivity index (χ1v) is 6.15. The maximum absolute atomic E-state index is 5.61. The zero-order valence-corrected chi connectivity index (χ0v) is 9.73. The average Bonchev–Trinajstić information content (AvgIpc) is 2.90. The van der Waals surface area contributed by atoms with Gasteiger partial charge in [-0.25, -0.2) is 4.98 Å². The average molecular weight is 228 g/mol. The standard InChI is InChI=1S/C14H16N2O/c1-2-5-11(6-3-1)13-10-17-14(16-13)12-7-4-8-15-9-12/h1-3,5-6,10,12,15H,4,7-9H2. The van der Waals surface area contributed by atoms with Gasteiger partial charge in [0.1, 0.15) is 12.0 Å². The lowest BCUT2D eigenvalue weighted by atomic mass is 10.00. The smallest absolute Gasteiger partial charge is 0.198 e. The Hall–Kier alpha value is -1.61.